The van der Waals surface area contributed by atoms with Crippen molar-refractivity contribution in [2.24, 2.45) is 0 Å². The Labute approximate surface area is 105 Å². The molecule has 1 N–H and O–H groups in total. The Morgan fingerprint density at radius 3 is 2.39 bits per heavy atom. The van der Waals surface area contributed by atoms with Gasteiger partial charge in [-0.1, -0.05) is 29.8 Å². The second-order valence-corrected chi connectivity index (χ2v) is 3.98. The van der Waals surface area contributed by atoms with E-state index in [2.05, 4.69) is 4.98 Å². The SMILES string of the molecule is O=c1[nH]ccc(C(F)(F)F)c1-c1ccccc1Cl. The summed E-state index contributed by atoms with van der Waals surface area (Å²) >= 11 is 5.83. The van der Waals surface area contributed by atoms with Crippen molar-refractivity contribution >= 4 is 11.6 Å². The number of aromatic amines is 1. The van der Waals surface area contributed by atoms with Crippen LogP contribution in [0.15, 0.2) is 41.3 Å². The Morgan fingerprint density at radius 1 is 1.11 bits per heavy atom. The highest BCUT2D eigenvalue weighted by molar-refractivity contribution is 6.33. The van der Waals surface area contributed by atoms with E-state index in [4.69, 9.17) is 11.6 Å². The molecule has 0 aliphatic heterocycles. The first-order valence-electron chi connectivity index (χ1n) is 4.95. The first-order chi connectivity index (χ1) is 8.41. The predicted molar refractivity (Wildman–Crippen MR) is 62.5 cm³/mol. The zero-order chi connectivity index (χ0) is 13.3. The molecule has 1 aromatic carbocycles. The molecule has 2 nitrogen and oxygen atoms in total. The van der Waals surface area contributed by atoms with Crippen LogP contribution in [0.2, 0.25) is 5.02 Å². The standard InChI is InChI=1S/C12H7ClF3NO/c13-9-4-2-1-3-7(9)10-8(12(14,15)16)5-6-17-11(10)18/h1-6H,(H,17,18). The fourth-order valence-corrected chi connectivity index (χ4v) is 1.88. The van der Waals surface area contributed by atoms with E-state index in [-0.39, 0.29) is 10.6 Å². The molecule has 0 bridgehead atoms. The molecule has 0 amide bonds. The Kier molecular flexibility index (Phi) is 3.17. The van der Waals surface area contributed by atoms with E-state index in [0.717, 1.165) is 12.3 Å². The Bertz CT molecular complexity index is 634. The van der Waals surface area contributed by atoms with Crippen LogP contribution < -0.4 is 5.56 Å². The van der Waals surface area contributed by atoms with Gasteiger partial charge in [0.2, 0.25) is 0 Å². The van der Waals surface area contributed by atoms with Gasteiger partial charge in [0.25, 0.3) is 5.56 Å². The Morgan fingerprint density at radius 2 is 1.78 bits per heavy atom. The summed E-state index contributed by atoms with van der Waals surface area (Å²) in [6.07, 6.45) is -3.64. The van der Waals surface area contributed by atoms with Crippen molar-refractivity contribution in [3.63, 3.8) is 0 Å². The van der Waals surface area contributed by atoms with Crippen LogP contribution in [0.5, 0.6) is 0 Å². The normalized spacial score (nSPS) is 11.6. The largest absolute Gasteiger partial charge is 0.417 e. The fraction of sp³-hybridized carbons (Fsp3) is 0.0833. The molecule has 0 radical (unpaired) electrons. The van der Waals surface area contributed by atoms with Crippen molar-refractivity contribution in [1.29, 1.82) is 0 Å². The lowest BCUT2D eigenvalue weighted by Crippen LogP contribution is -2.17. The molecule has 94 valence electrons. The number of H-pyrrole nitrogens is 1. The maximum Gasteiger partial charge on any atom is 0.417 e. The van der Waals surface area contributed by atoms with E-state index in [1.54, 1.807) is 6.07 Å². The molecule has 1 aromatic heterocycles. The summed E-state index contributed by atoms with van der Waals surface area (Å²) in [5.74, 6) is 0. The van der Waals surface area contributed by atoms with E-state index >= 15 is 0 Å². The van der Waals surface area contributed by atoms with Crippen LogP contribution in [0.1, 0.15) is 5.56 Å². The zero-order valence-corrected chi connectivity index (χ0v) is 9.64. The van der Waals surface area contributed by atoms with Crippen LogP contribution in [0.25, 0.3) is 11.1 Å². The number of nitrogens with one attached hydrogen (secondary N) is 1. The summed E-state index contributed by atoms with van der Waals surface area (Å²) < 4.78 is 38.5. The van der Waals surface area contributed by atoms with Crippen molar-refractivity contribution in [2.45, 2.75) is 6.18 Å². The average molecular weight is 274 g/mol. The first kappa shape index (κ1) is 12.7. The van der Waals surface area contributed by atoms with Gasteiger partial charge in [-0.15, -0.1) is 0 Å². The first-order valence-corrected chi connectivity index (χ1v) is 5.33. The van der Waals surface area contributed by atoms with Crippen molar-refractivity contribution < 1.29 is 13.2 Å². The average Bonchev–Trinajstić information content (AvgIpc) is 2.29. The zero-order valence-electron chi connectivity index (χ0n) is 8.88. The Balaban J connectivity index is 2.80. The third-order valence-corrected chi connectivity index (χ3v) is 2.74. The molecule has 2 rings (SSSR count). The summed E-state index contributed by atoms with van der Waals surface area (Å²) in [5.41, 5.74) is -2.22. The third kappa shape index (κ3) is 2.26. The van der Waals surface area contributed by atoms with E-state index in [1.165, 1.54) is 18.2 Å². The number of hydrogen-bond donors (Lipinski definition) is 1. The molecule has 0 aliphatic carbocycles. The van der Waals surface area contributed by atoms with Crippen LogP contribution in [0.4, 0.5) is 13.2 Å². The quantitative estimate of drug-likeness (QED) is 0.844. The number of aromatic nitrogens is 1. The van der Waals surface area contributed by atoms with Crippen molar-refractivity contribution in [3.8, 4) is 11.1 Å². The minimum absolute atomic E-state index is 0.0633. The molecule has 0 atom stereocenters. The number of hydrogen-bond acceptors (Lipinski definition) is 1. The third-order valence-electron chi connectivity index (χ3n) is 2.41. The van der Waals surface area contributed by atoms with Crippen molar-refractivity contribution in [2.75, 3.05) is 0 Å². The smallest absolute Gasteiger partial charge is 0.329 e. The molecule has 2 aromatic rings. The van der Waals surface area contributed by atoms with Crippen LogP contribution in [-0.2, 0) is 6.18 Å². The molecule has 0 saturated heterocycles. The van der Waals surface area contributed by atoms with Gasteiger partial charge in [-0.25, -0.2) is 0 Å². The number of alkyl halides is 3. The molecule has 1 heterocycles. The molecule has 6 heteroatoms. The van der Waals surface area contributed by atoms with Gasteiger partial charge >= 0.3 is 6.18 Å². The highest BCUT2D eigenvalue weighted by Crippen LogP contribution is 2.36. The number of rotatable bonds is 1. The molecule has 18 heavy (non-hydrogen) atoms. The fourth-order valence-electron chi connectivity index (χ4n) is 1.65. The van der Waals surface area contributed by atoms with E-state index in [0.29, 0.717) is 0 Å². The molecule has 0 spiro atoms. The van der Waals surface area contributed by atoms with E-state index < -0.39 is 22.9 Å². The van der Waals surface area contributed by atoms with Gasteiger partial charge in [0.1, 0.15) is 0 Å². The summed E-state index contributed by atoms with van der Waals surface area (Å²) in [4.78, 5) is 13.8. The second-order valence-electron chi connectivity index (χ2n) is 3.57. The van der Waals surface area contributed by atoms with Gasteiger partial charge in [0.15, 0.2) is 0 Å². The van der Waals surface area contributed by atoms with Gasteiger partial charge < -0.3 is 4.98 Å². The second kappa shape index (κ2) is 4.49. The van der Waals surface area contributed by atoms with Crippen molar-refractivity contribution in [3.05, 3.63) is 57.5 Å². The number of pyridine rings is 1. The minimum atomic E-state index is -4.61. The lowest BCUT2D eigenvalue weighted by atomic mass is 10.0. The van der Waals surface area contributed by atoms with Gasteiger partial charge in [-0.2, -0.15) is 13.2 Å². The van der Waals surface area contributed by atoms with Gasteiger partial charge in [-0.05, 0) is 12.1 Å². The molecule has 0 fully saturated rings. The molecule has 0 unspecified atom stereocenters. The summed E-state index contributed by atoms with van der Waals surface area (Å²) in [6.45, 7) is 0. The van der Waals surface area contributed by atoms with Crippen LogP contribution in [-0.4, -0.2) is 4.98 Å². The predicted octanol–water partition coefficient (Wildman–Crippen LogP) is 3.71. The topological polar surface area (TPSA) is 32.9 Å². The minimum Gasteiger partial charge on any atom is -0.329 e. The summed E-state index contributed by atoms with van der Waals surface area (Å²) in [7, 11) is 0. The van der Waals surface area contributed by atoms with Crippen LogP contribution >= 0.6 is 11.6 Å². The lowest BCUT2D eigenvalue weighted by molar-refractivity contribution is -0.137. The Hall–Kier alpha value is -1.75. The lowest BCUT2D eigenvalue weighted by Gasteiger charge is -2.12. The molecular formula is C12H7ClF3NO. The van der Waals surface area contributed by atoms with E-state index in [1.807, 2.05) is 0 Å². The van der Waals surface area contributed by atoms with Gasteiger partial charge in [0.05, 0.1) is 11.1 Å². The van der Waals surface area contributed by atoms with Crippen molar-refractivity contribution in [1.82, 2.24) is 4.98 Å². The van der Waals surface area contributed by atoms with E-state index in [9.17, 15) is 18.0 Å². The molecular weight excluding hydrogens is 267 g/mol. The summed E-state index contributed by atoms with van der Waals surface area (Å²) in [6, 6.07) is 6.73. The summed E-state index contributed by atoms with van der Waals surface area (Å²) in [5, 5.41) is 0.0969. The monoisotopic (exact) mass is 273 g/mol. The number of halogens is 4. The van der Waals surface area contributed by atoms with Crippen LogP contribution in [0, 0.1) is 0 Å². The number of benzene rings is 1. The molecule has 0 aliphatic rings. The highest BCUT2D eigenvalue weighted by atomic mass is 35.5. The van der Waals surface area contributed by atoms with Gasteiger partial charge in [0, 0.05) is 16.8 Å². The van der Waals surface area contributed by atoms with Gasteiger partial charge in [-0.3, -0.25) is 4.79 Å². The highest BCUT2D eigenvalue weighted by Gasteiger charge is 2.35. The maximum atomic E-state index is 12.8. The maximum absolute atomic E-state index is 12.8. The van der Waals surface area contributed by atoms with Crippen LogP contribution in [0.3, 0.4) is 0 Å². The molecule has 0 saturated carbocycles.